The van der Waals surface area contributed by atoms with Gasteiger partial charge in [-0.15, -0.1) is 11.8 Å². The highest BCUT2D eigenvalue weighted by atomic mass is 32.2. The normalized spacial score (nSPS) is 18.9. The summed E-state index contributed by atoms with van der Waals surface area (Å²) in [6.07, 6.45) is 3.45. The van der Waals surface area contributed by atoms with E-state index in [2.05, 4.69) is 6.92 Å². The maximum absolute atomic E-state index is 12.3. The van der Waals surface area contributed by atoms with Crippen molar-refractivity contribution in [2.75, 3.05) is 25.1 Å². The number of benzene rings is 1. The molecule has 0 aromatic heterocycles. The van der Waals surface area contributed by atoms with Crippen molar-refractivity contribution in [1.29, 1.82) is 0 Å². The Morgan fingerprint density at radius 2 is 2.30 bits per heavy atom. The van der Waals surface area contributed by atoms with Crippen molar-refractivity contribution in [3.8, 4) is 5.75 Å². The van der Waals surface area contributed by atoms with E-state index in [9.17, 15) is 4.79 Å². The van der Waals surface area contributed by atoms with Gasteiger partial charge in [0.1, 0.15) is 5.75 Å². The zero-order valence-corrected chi connectivity index (χ0v) is 12.9. The Balaban J connectivity index is 1.96. The monoisotopic (exact) mass is 294 g/mol. The van der Waals surface area contributed by atoms with E-state index >= 15 is 0 Å². The van der Waals surface area contributed by atoms with E-state index in [1.807, 2.05) is 23.1 Å². The van der Waals surface area contributed by atoms with E-state index in [1.54, 1.807) is 7.11 Å². The number of piperidine rings is 1. The van der Waals surface area contributed by atoms with Crippen molar-refractivity contribution >= 4 is 23.4 Å². The van der Waals surface area contributed by atoms with Crippen molar-refractivity contribution in [2.45, 2.75) is 37.1 Å². The van der Waals surface area contributed by atoms with Crippen LogP contribution in [0.15, 0.2) is 23.1 Å². The molecule has 20 heavy (non-hydrogen) atoms. The van der Waals surface area contributed by atoms with Gasteiger partial charge in [-0.25, -0.2) is 0 Å². The average molecular weight is 294 g/mol. The molecule has 1 atom stereocenters. The van der Waals surface area contributed by atoms with Gasteiger partial charge in [-0.05, 0) is 44.4 Å². The molecule has 0 aliphatic carbocycles. The van der Waals surface area contributed by atoms with Gasteiger partial charge in [0.15, 0.2) is 0 Å². The van der Waals surface area contributed by atoms with Crippen molar-refractivity contribution in [3.63, 3.8) is 0 Å². The van der Waals surface area contributed by atoms with Crippen molar-refractivity contribution < 1.29 is 9.53 Å². The Morgan fingerprint density at radius 3 is 3.00 bits per heavy atom. The number of carbonyl (C=O) groups is 1. The third-order valence-corrected chi connectivity index (χ3v) is 4.75. The molecule has 0 bridgehead atoms. The first-order valence-electron chi connectivity index (χ1n) is 6.97. The summed E-state index contributed by atoms with van der Waals surface area (Å²) in [7, 11) is 1.63. The van der Waals surface area contributed by atoms with E-state index in [0.717, 1.165) is 30.0 Å². The summed E-state index contributed by atoms with van der Waals surface area (Å²) in [5, 5.41) is 0. The Hall–Kier alpha value is -1.36. The molecule has 1 aromatic carbocycles. The van der Waals surface area contributed by atoms with E-state index in [1.165, 1.54) is 18.2 Å². The topological polar surface area (TPSA) is 55.6 Å². The molecule has 2 rings (SSSR count). The van der Waals surface area contributed by atoms with Crippen LogP contribution in [0.25, 0.3) is 0 Å². The fourth-order valence-electron chi connectivity index (χ4n) is 2.46. The van der Waals surface area contributed by atoms with Gasteiger partial charge >= 0.3 is 0 Å². The van der Waals surface area contributed by atoms with E-state index in [0.29, 0.717) is 17.5 Å². The molecule has 1 saturated heterocycles. The number of ether oxygens (including phenoxy) is 1. The van der Waals surface area contributed by atoms with Crippen molar-refractivity contribution in [3.05, 3.63) is 18.2 Å². The fourth-order valence-corrected chi connectivity index (χ4v) is 3.34. The number of nitrogens with two attached hydrogens (primary N) is 1. The molecule has 0 saturated carbocycles. The summed E-state index contributed by atoms with van der Waals surface area (Å²) in [5.41, 5.74) is 6.62. The molecule has 1 fully saturated rings. The number of thioether (sulfide) groups is 1. The Bertz CT molecular complexity index is 479. The summed E-state index contributed by atoms with van der Waals surface area (Å²) in [5.74, 6) is 1.40. The van der Waals surface area contributed by atoms with Gasteiger partial charge < -0.3 is 15.4 Å². The summed E-state index contributed by atoms with van der Waals surface area (Å²) in [4.78, 5) is 15.2. The molecule has 1 heterocycles. The van der Waals surface area contributed by atoms with E-state index in [4.69, 9.17) is 10.5 Å². The first kappa shape index (κ1) is 15.0. The molecular weight excluding hydrogens is 272 g/mol. The van der Waals surface area contributed by atoms with Crippen LogP contribution in [-0.4, -0.2) is 36.3 Å². The van der Waals surface area contributed by atoms with Gasteiger partial charge in [-0.1, -0.05) is 0 Å². The number of nitrogens with zero attached hydrogens (tertiary/aromatic N) is 1. The first-order chi connectivity index (χ1) is 9.61. The van der Waals surface area contributed by atoms with E-state index in [-0.39, 0.29) is 5.91 Å². The van der Waals surface area contributed by atoms with Crippen LogP contribution in [0, 0.1) is 0 Å². The molecule has 4 nitrogen and oxygen atoms in total. The van der Waals surface area contributed by atoms with Crippen LogP contribution < -0.4 is 10.5 Å². The van der Waals surface area contributed by atoms with Crippen LogP contribution in [0.3, 0.4) is 0 Å². The second-order valence-corrected chi connectivity index (χ2v) is 6.14. The van der Waals surface area contributed by atoms with Crippen LogP contribution in [0.5, 0.6) is 5.75 Å². The number of hydrogen-bond acceptors (Lipinski definition) is 4. The summed E-state index contributed by atoms with van der Waals surface area (Å²) in [6.45, 7) is 3.01. The SMILES string of the molecule is COc1ccc(N)c(SCC(=O)N2CCCCC2C)c1. The second-order valence-electron chi connectivity index (χ2n) is 5.12. The van der Waals surface area contributed by atoms with Gasteiger partial charge in [-0.2, -0.15) is 0 Å². The lowest BCUT2D eigenvalue weighted by Crippen LogP contribution is -2.42. The molecule has 0 spiro atoms. The molecule has 1 aliphatic rings. The minimum absolute atomic E-state index is 0.199. The predicted molar refractivity (Wildman–Crippen MR) is 83.2 cm³/mol. The number of nitrogen functional groups attached to an aromatic ring is 1. The van der Waals surface area contributed by atoms with E-state index < -0.39 is 0 Å². The molecule has 2 N–H and O–H groups in total. The Morgan fingerprint density at radius 1 is 1.50 bits per heavy atom. The molecular formula is C15H22N2O2S. The molecule has 1 aliphatic heterocycles. The third kappa shape index (κ3) is 3.60. The minimum atomic E-state index is 0.199. The number of carbonyl (C=O) groups excluding carboxylic acids is 1. The number of rotatable bonds is 4. The van der Waals surface area contributed by atoms with Gasteiger partial charge in [0, 0.05) is 23.2 Å². The number of hydrogen-bond donors (Lipinski definition) is 1. The third-order valence-electron chi connectivity index (χ3n) is 3.70. The maximum Gasteiger partial charge on any atom is 0.233 e. The largest absolute Gasteiger partial charge is 0.497 e. The quantitative estimate of drug-likeness (QED) is 0.685. The maximum atomic E-state index is 12.3. The van der Waals surface area contributed by atoms with Crippen LogP contribution in [0.1, 0.15) is 26.2 Å². The number of amides is 1. The standard InChI is InChI=1S/C15H22N2O2S/c1-11-5-3-4-8-17(11)15(18)10-20-14-9-12(19-2)6-7-13(14)16/h6-7,9,11H,3-5,8,10,16H2,1-2H3. The van der Waals surface area contributed by atoms with Crippen LogP contribution in [0.4, 0.5) is 5.69 Å². The Labute approximate surface area is 124 Å². The fraction of sp³-hybridized carbons (Fsp3) is 0.533. The lowest BCUT2D eigenvalue weighted by Gasteiger charge is -2.33. The summed E-state index contributed by atoms with van der Waals surface area (Å²) >= 11 is 1.48. The molecule has 1 unspecified atom stereocenters. The van der Waals surface area contributed by atoms with Gasteiger partial charge in [0.05, 0.1) is 12.9 Å². The molecule has 110 valence electrons. The highest BCUT2D eigenvalue weighted by Gasteiger charge is 2.23. The average Bonchev–Trinajstić information content (AvgIpc) is 2.46. The van der Waals surface area contributed by atoms with Gasteiger partial charge in [-0.3, -0.25) is 4.79 Å². The van der Waals surface area contributed by atoms with Gasteiger partial charge in [0.2, 0.25) is 5.91 Å². The molecule has 5 heteroatoms. The van der Waals surface area contributed by atoms with Crippen molar-refractivity contribution in [2.24, 2.45) is 0 Å². The Kier molecular flexibility index (Phi) is 5.17. The molecule has 1 aromatic rings. The molecule has 1 amide bonds. The van der Waals surface area contributed by atoms with Crippen molar-refractivity contribution in [1.82, 2.24) is 4.90 Å². The first-order valence-corrected chi connectivity index (χ1v) is 7.96. The van der Waals surface area contributed by atoms with Crippen LogP contribution in [-0.2, 0) is 4.79 Å². The summed E-state index contributed by atoms with van der Waals surface area (Å²) in [6, 6.07) is 5.88. The minimum Gasteiger partial charge on any atom is -0.497 e. The van der Waals surface area contributed by atoms with Gasteiger partial charge in [0.25, 0.3) is 0 Å². The lowest BCUT2D eigenvalue weighted by molar-refractivity contribution is -0.131. The zero-order valence-electron chi connectivity index (χ0n) is 12.1. The van der Waals surface area contributed by atoms with Crippen LogP contribution >= 0.6 is 11.8 Å². The highest BCUT2D eigenvalue weighted by molar-refractivity contribution is 8.00. The zero-order chi connectivity index (χ0) is 14.5. The number of methoxy groups -OCH3 is 1. The predicted octanol–water partition coefficient (Wildman–Crippen LogP) is 2.77. The number of anilines is 1. The number of likely N-dealkylation sites (tertiary alicyclic amines) is 1. The highest BCUT2D eigenvalue weighted by Crippen LogP contribution is 2.29. The smallest absolute Gasteiger partial charge is 0.233 e. The summed E-state index contributed by atoms with van der Waals surface area (Å²) < 4.78 is 5.19. The van der Waals surface area contributed by atoms with Crippen LogP contribution in [0.2, 0.25) is 0 Å². The molecule has 0 radical (unpaired) electrons. The lowest BCUT2D eigenvalue weighted by atomic mass is 10.0. The second kappa shape index (κ2) is 6.88.